The summed E-state index contributed by atoms with van der Waals surface area (Å²) in [5.41, 5.74) is 3.62. The van der Waals surface area contributed by atoms with Crippen molar-refractivity contribution in [2.45, 2.75) is 44.8 Å². The van der Waals surface area contributed by atoms with Gasteiger partial charge in [-0.25, -0.2) is 14.1 Å². The van der Waals surface area contributed by atoms with Crippen molar-refractivity contribution in [2.75, 3.05) is 0 Å². The Bertz CT molecular complexity index is 1400. The summed E-state index contributed by atoms with van der Waals surface area (Å²) in [7, 11) is 0. The van der Waals surface area contributed by atoms with Crippen LogP contribution in [0.2, 0.25) is 0 Å². The zero-order valence-electron chi connectivity index (χ0n) is 21.0. The molecule has 0 aliphatic rings. The average Bonchev–Trinajstić information content (AvgIpc) is 3.22. The molecule has 2 N–H and O–H groups in total. The van der Waals surface area contributed by atoms with Gasteiger partial charge in [-0.3, -0.25) is 0 Å². The molecule has 0 fully saturated rings. The number of nitrogens with zero attached hydrogens (tertiary/aromatic N) is 3. The Morgan fingerprint density at radius 2 is 1.78 bits per heavy atom. The number of aliphatic carboxylic acids is 1. The number of rotatable bonds is 9. The van der Waals surface area contributed by atoms with Crippen LogP contribution in [0.4, 0.5) is 4.39 Å². The second kappa shape index (κ2) is 12.6. The van der Waals surface area contributed by atoms with Crippen LogP contribution in [0.15, 0.2) is 66.7 Å². The third kappa shape index (κ3) is 6.91. The van der Waals surface area contributed by atoms with Crippen molar-refractivity contribution >= 4 is 22.9 Å². The molecular formula is C28H27FN3NaO4. The first-order chi connectivity index (χ1) is 17.2. The van der Waals surface area contributed by atoms with Crippen LogP contribution in [-0.2, 0) is 4.79 Å². The average molecular weight is 512 g/mol. The number of halogens is 1. The summed E-state index contributed by atoms with van der Waals surface area (Å²) in [6.07, 6.45) is 0.145. The summed E-state index contributed by atoms with van der Waals surface area (Å²) < 4.78 is 15.5. The maximum absolute atomic E-state index is 13.7. The maximum atomic E-state index is 13.7. The number of hydrogen-bond donors (Lipinski definition) is 2. The minimum atomic E-state index is -1.39. The molecule has 9 heteroatoms. The molecule has 2 atom stereocenters. The molecule has 0 aliphatic heterocycles. The number of pyridine rings is 1. The number of carboxylic acids is 1. The van der Waals surface area contributed by atoms with Gasteiger partial charge in [-0.1, -0.05) is 44.2 Å². The Morgan fingerprint density at radius 3 is 2.46 bits per heavy atom. The number of carboxylic acid groups (broad SMARTS) is 1. The molecule has 0 aliphatic carbocycles. The SMILES string of the molecule is CC(C)c1nn(-c2ccc3ccccc3n2)c(-c2ccc(F)cc2)c1/C=C/[C@@H](O)C[C@@H](O)CC(=O)[O-].[Na+]. The molecule has 4 aromatic rings. The van der Waals surface area contributed by atoms with Gasteiger partial charge in [-0.05, 0) is 48.4 Å². The van der Waals surface area contributed by atoms with E-state index in [4.69, 9.17) is 10.1 Å². The van der Waals surface area contributed by atoms with Gasteiger partial charge in [0.25, 0.3) is 0 Å². The molecule has 2 aromatic carbocycles. The van der Waals surface area contributed by atoms with Gasteiger partial charge < -0.3 is 20.1 Å². The molecule has 186 valence electrons. The molecule has 7 nitrogen and oxygen atoms in total. The van der Waals surface area contributed by atoms with Gasteiger partial charge in [0.15, 0.2) is 5.82 Å². The van der Waals surface area contributed by atoms with E-state index in [1.807, 2.05) is 50.2 Å². The summed E-state index contributed by atoms with van der Waals surface area (Å²) in [5, 5.41) is 36.8. The molecule has 0 saturated carbocycles. The van der Waals surface area contributed by atoms with Crippen LogP contribution in [0, 0.1) is 5.82 Å². The van der Waals surface area contributed by atoms with Crippen molar-refractivity contribution in [1.82, 2.24) is 14.8 Å². The van der Waals surface area contributed by atoms with Gasteiger partial charge in [0.2, 0.25) is 0 Å². The van der Waals surface area contributed by atoms with Crippen molar-refractivity contribution in [3.05, 3.63) is 83.8 Å². The monoisotopic (exact) mass is 511 g/mol. The van der Waals surface area contributed by atoms with Crippen LogP contribution >= 0.6 is 0 Å². The quantitative estimate of drug-likeness (QED) is 0.319. The number of carbonyl (C=O) groups excluding carboxylic acids is 1. The molecule has 2 aromatic heterocycles. The molecule has 0 saturated heterocycles. The summed E-state index contributed by atoms with van der Waals surface area (Å²) in [4.78, 5) is 15.5. The van der Waals surface area contributed by atoms with E-state index in [0.717, 1.165) is 16.6 Å². The van der Waals surface area contributed by atoms with Crippen LogP contribution < -0.4 is 34.7 Å². The molecule has 2 heterocycles. The van der Waals surface area contributed by atoms with Gasteiger partial charge in [-0.2, -0.15) is 5.10 Å². The summed E-state index contributed by atoms with van der Waals surface area (Å²) in [5.74, 6) is -1.17. The van der Waals surface area contributed by atoms with E-state index in [1.165, 1.54) is 18.2 Å². The van der Waals surface area contributed by atoms with Crippen molar-refractivity contribution in [3.8, 4) is 17.1 Å². The molecule has 0 amide bonds. The van der Waals surface area contributed by atoms with Crippen LogP contribution in [-0.4, -0.2) is 43.2 Å². The fourth-order valence-corrected chi connectivity index (χ4v) is 4.10. The van der Waals surface area contributed by atoms with Crippen molar-refractivity contribution in [1.29, 1.82) is 0 Å². The van der Waals surface area contributed by atoms with Gasteiger partial charge in [0.1, 0.15) is 5.82 Å². The second-order valence-corrected chi connectivity index (χ2v) is 8.98. The number of hydrogen-bond acceptors (Lipinski definition) is 6. The van der Waals surface area contributed by atoms with E-state index < -0.39 is 24.6 Å². The summed E-state index contributed by atoms with van der Waals surface area (Å²) >= 11 is 0. The minimum absolute atomic E-state index is 0. The number of aromatic nitrogens is 3. The molecule has 0 unspecified atom stereocenters. The van der Waals surface area contributed by atoms with Crippen LogP contribution in [0.1, 0.15) is 43.9 Å². The Labute approximate surface area is 236 Å². The number of aliphatic hydroxyl groups excluding tert-OH is 2. The van der Waals surface area contributed by atoms with Crippen LogP contribution in [0.5, 0.6) is 0 Å². The Morgan fingerprint density at radius 1 is 1.08 bits per heavy atom. The fourth-order valence-electron chi connectivity index (χ4n) is 4.10. The normalized spacial score (nSPS) is 13.1. The third-order valence-electron chi connectivity index (χ3n) is 5.82. The molecular weight excluding hydrogens is 484 g/mol. The standard InChI is InChI=1S/C28H28FN3O4.Na/c1-17(2)27-23(13-12-21(33)15-22(34)16-26(35)36)28(19-7-10-20(29)11-8-19)32(31-27)25-14-9-18-5-3-4-6-24(18)30-25;/h3-14,17,21-22,33-34H,15-16H2,1-2H3,(H,35,36);/q;+1/p-1/b13-12+;/t21-,22-;/m1./s1. The Kier molecular flexibility index (Phi) is 9.75. The third-order valence-corrected chi connectivity index (χ3v) is 5.82. The van der Waals surface area contributed by atoms with Crippen molar-refractivity contribution < 1.29 is 54.1 Å². The van der Waals surface area contributed by atoms with E-state index in [0.29, 0.717) is 22.6 Å². The molecule has 37 heavy (non-hydrogen) atoms. The first-order valence-corrected chi connectivity index (χ1v) is 11.7. The van der Waals surface area contributed by atoms with Crippen LogP contribution in [0.25, 0.3) is 34.1 Å². The predicted octanol–water partition coefficient (Wildman–Crippen LogP) is 0.619. The topological polar surface area (TPSA) is 111 Å². The number of para-hydroxylation sites is 1. The molecule has 0 radical (unpaired) electrons. The second-order valence-electron chi connectivity index (χ2n) is 8.98. The number of aliphatic hydroxyl groups is 2. The molecule has 4 rings (SSSR count). The van der Waals surface area contributed by atoms with E-state index in [-0.39, 0.29) is 47.7 Å². The Balaban J connectivity index is 0.00000380. The van der Waals surface area contributed by atoms with E-state index in [1.54, 1.807) is 22.9 Å². The maximum Gasteiger partial charge on any atom is 1.00 e. The molecule has 0 bridgehead atoms. The van der Waals surface area contributed by atoms with Gasteiger partial charge in [0, 0.05) is 35.3 Å². The van der Waals surface area contributed by atoms with Crippen molar-refractivity contribution in [2.24, 2.45) is 0 Å². The predicted molar refractivity (Wildman–Crippen MR) is 134 cm³/mol. The zero-order chi connectivity index (χ0) is 25.8. The summed E-state index contributed by atoms with van der Waals surface area (Å²) in [6, 6.07) is 17.6. The van der Waals surface area contributed by atoms with E-state index in [2.05, 4.69) is 0 Å². The van der Waals surface area contributed by atoms with Gasteiger partial charge in [0.05, 0.1) is 29.1 Å². The first kappa shape index (κ1) is 28.7. The largest absolute Gasteiger partial charge is 1.00 e. The van der Waals surface area contributed by atoms with E-state index in [9.17, 15) is 24.5 Å². The Hall–Kier alpha value is -2.88. The minimum Gasteiger partial charge on any atom is -0.550 e. The van der Waals surface area contributed by atoms with Gasteiger partial charge >= 0.3 is 29.6 Å². The fraction of sp³-hybridized carbons (Fsp3) is 0.250. The number of benzene rings is 2. The molecule has 0 spiro atoms. The first-order valence-electron chi connectivity index (χ1n) is 11.7. The smallest absolute Gasteiger partial charge is 0.550 e. The number of carbonyl (C=O) groups is 1. The summed E-state index contributed by atoms with van der Waals surface area (Å²) in [6.45, 7) is 3.98. The van der Waals surface area contributed by atoms with Gasteiger partial charge in [-0.15, -0.1) is 0 Å². The number of fused-ring (bicyclic) bond motifs is 1. The van der Waals surface area contributed by atoms with Crippen LogP contribution in [0.3, 0.4) is 0 Å². The zero-order valence-corrected chi connectivity index (χ0v) is 23.0. The van der Waals surface area contributed by atoms with Crippen molar-refractivity contribution in [3.63, 3.8) is 0 Å². The van der Waals surface area contributed by atoms with E-state index >= 15 is 0 Å².